The van der Waals surface area contributed by atoms with E-state index in [9.17, 15) is 13.5 Å². The first-order valence-corrected chi connectivity index (χ1v) is 8.63. The van der Waals surface area contributed by atoms with Crippen molar-refractivity contribution in [3.8, 4) is 0 Å². The van der Waals surface area contributed by atoms with Crippen molar-refractivity contribution < 1.29 is 13.5 Å². The highest BCUT2D eigenvalue weighted by atomic mass is 32.2. The molecule has 0 saturated carbocycles. The fourth-order valence-electron chi connectivity index (χ4n) is 1.88. The van der Waals surface area contributed by atoms with Gasteiger partial charge in [0.15, 0.2) is 0 Å². The maximum absolute atomic E-state index is 12.2. The zero-order chi connectivity index (χ0) is 15.4. The van der Waals surface area contributed by atoms with Gasteiger partial charge in [0.05, 0.1) is 5.60 Å². The highest BCUT2D eigenvalue weighted by molar-refractivity contribution is 7.91. The first-order valence-electron chi connectivity index (χ1n) is 6.27. The minimum Gasteiger partial charge on any atom is -0.388 e. The first kappa shape index (κ1) is 17.1. The van der Waals surface area contributed by atoms with Gasteiger partial charge in [0.1, 0.15) is 4.21 Å². The summed E-state index contributed by atoms with van der Waals surface area (Å²) in [5.74, 6) is 0. The van der Waals surface area contributed by atoms with Crippen LogP contribution in [0, 0.1) is 6.92 Å². The van der Waals surface area contributed by atoms with Gasteiger partial charge in [0, 0.05) is 6.04 Å². The Balaban J connectivity index is 2.95. The molecule has 1 heterocycles. The molecule has 1 rings (SSSR count). The number of aliphatic hydroxyl groups is 1. The predicted octanol–water partition coefficient (Wildman–Crippen LogP) is 2.61. The van der Waals surface area contributed by atoms with Gasteiger partial charge in [0.25, 0.3) is 0 Å². The first-order chi connectivity index (χ1) is 9.25. The second-order valence-electron chi connectivity index (χ2n) is 4.88. The summed E-state index contributed by atoms with van der Waals surface area (Å²) in [7, 11) is -3.62. The Labute approximate surface area is 124 Å². The van der Waals surface area contributed by atoms with Gasteiger partial charge in [-0.3, -0.25) is 0 Å². The van der Waals surface area contributed by atoms with Crippen LogP contribution < -0.4 is 4.72 Å². The van der Waals surface area contributed by atoms with Crippen LogP contribution in [0.5, 0.6) is 0 Å². The standard InChI is InChI=1S/C14H21NO3S2/c1-5-7-14(16,8-6-2)12(4)15-20(17,18)13-9-11(3)10-19-13/h5-6,9-10,12,15-16H,1-2,7-8H2,3-4H3/t12-/m1/s1. The zero-order valence-electron chi connectivity index (χ0n) is 11.8. The Kier molecular flexibility index (Phi) is 5.70. The lowest BCUT2D eigenvalue weighted by Gasteiger charge is -2.32. The molecule has 112 valence electrons. The molecule has 0 amide bonds. The molecule has 0 bridgehead atoms. The van der Waals surface area contributed by atoms with Crippen molar-refractivity contribution in [3.63, 3.8) is 0 Å². The van der Waals surface area contributed by atoms with Gasteiger partial charge in [-0.1, -0.05) is 12.2 Å². The highest BCUT2D eigenvalue weighted by Crippen LogP contribution is 2.25. The second kappa shape index (κ2) is 6.67. The van der Waals surface area contributed by atoms with Crippen LogP contribution in [-0.2, 0) is 10.0 Å². The van der Waals surface area contributed by atoms with Crippen LogP contribution in [0.3, 0.4) is 0 Å². The molecule has 4 nitrogen and oxygen atoms in total. The molecule has 0 unspecified atom stereocenters. The molecule has 0 radical (unpaired) electrons. The van der Waals surface area contributed by atoms with E-state index in [1.54, 1.807) is 30.5 Å². The number of hydrogen-bond donors (Lipinski definition) is 2. The van der Waals surface area contributed by atoms with Gasteiger partial charge in [-0.2, -0.15) is 0 Å². The summed E-state index contributed by atoms with van der Waals surface area (Å²) < 4.78 is 27.3. The van der Waals surface area contributed by atoms with Gasteiger partial charge in [-0.25, -0.2) is 13.1 Å². The molecule has 0 aromatic carbocycles. The Morgan fingerprint density at radius 2 is 2.00 bits per heavy atom. The van der Waals surface area contributed by atoms with Crippen molar-refractivity contribution >= 4 is 21.4 Å². The van der Waals surface area contributed by atoms with E-state index in [4.69, 9.17) is 0 Å². The number of aryl methyl sites for hydroxylation is 1. The number of sulfonamides is 1. The molecular weight excluding hydrogens is 294 g/mol. The molecule has 1 atom stereocenters. The Morgan fingerprint density at radius 1 is 1.45 bits per heavy atom. The van der Waals surface area contributed by atoms with Crippen molar-refractivity contribution in [1.29, 1.82) is 0 Å². The minimum absolute atomic E-state index is 0.251. The van der Waals surface area contributed by atoms with E-state index >= 15 is 0 Å². The Morgan fingerprint density at radius 3 is 2.40 bits per heavy atom. The van der Waals surface area contributed by atoms with Gasteiger partial charge < -0.3 is 5.11 Å². The molecule has 0 spiro atoms. The van der Waals surface area contributed by atoms with E-state index in [2.05, 4.69) is 17.9 Å². The minimum atomic E-state index is -3.62. The lowest BCUT2D eigenvalue weighted by atomic mass is 9.89. The highest BCUT2D eigenvalue weighted by Gasteiger charge is 2.34. The van der Waals surface area contributed by atoms with Crippen LogP contribution in [-0.4, -0.2) is 25.2 Å². The molecule has 20 heavy (non-hydrogen) atoms. The van der Waals surface area contributed by atoms with Crippen LogP contribution in [0.1, 0.15) is 25.3 Å². The lowest BCUT2D eigenvalue weighted by molar-refractivity contribution is 0.0200. The molecule has 0 fully saturated rings. The number of thiophene rings is 1. The number of nitrogens with one attached hydrogen (secondary N) is 1. The van der Waals surface area contributed by atoms with Crippen LogP contribution in [0.15, 0.2) is 41.0 Å². The van der Waals surface area contributed by atoms with Crippen LogP contribution in [0.25, 0.3) is 0 Å². The third-order valence-electron chi connectivity index (χ3n) is 3.10. The predicted molar refractivity (Wildman–Crippen MR) is 83.4 cm³/mol. The summed E-state index contributed by atoms with van der Waals surface area (Å²) in [6.45, 7) is 10.7. The third-order valence-corrected chi connectivity index (χ3v) is 6.20. The van der Waals surface area contributed by atoms with Crippen molar-refractivity contribution in [1.82, 2.24) is 4.72 Å². The van der Waals surface area contributed by atoms with Crippen LogP contribution >= 0.6 is 11.3 Å². The molecule has 0 aliphatic rings. The van der Waals surface area contributed by atoms with E-state index in [1.165, 1.54) is 0 Å². The van der Waals surface area contributed by atoms with E-state index in [0.29, 0.717) is 0 Å². The average Bonchev–Trinajstić information content (AvgIpc) is 2.76. The van der Waals surface area contributed by atoms with Gasteiger partial charge in [-0.15, -0.1) is 24.5 Å². The fourth-order valence-corrected chi connectivity index (χ4v) is 4.44. The second-order valence-corrected chi connectivity index (χ2v) is 7.73. The van der Waals surface area contributed by atoms with Gasteiger partial charge in [0.2, 0.25) is 10.0 Å². The van der Waals surface area contributed by atoms with E-state index in [-0.39, 0.29) is 17.1 Å². The average molecular weight is 315 g/mol. The molecule has 0 aliphatic heterocycles. The smallest absolute Gasteiger partial charge is 0.250 e. The summed E-state index contributed by atoms with van der Waals surface area (Å²) in [5, 5.41) is 12.3. The molecule has 1 aromatic heterocycles. The fraction of sp³-hybridized carbons (Fsp3) is 0.429. The largest absolute Gasteiger partial charge is 0.388 e. The molecule has 1 aromatic rings. The summed E-state index contributed by atoms with van der Waals surface area (Å²) in [6.07, 6.45) is 3.71. The number of hydrogen-bond acceptors (Lipinski definition) is 4. The topological polar surface area (TPSA) is 66.4 Å². The molecule has 0 aliphatic carbocycles. The monoisotopic (exact) mass is 315 g/mol. The Hall–Kier alpha value is -0.950. The molecule has 2 N–H and O–H groups in total. The SMILES string of the molecule is C=CCC(O)(CC=C)[C@@H](C)NS(=O)(=O)c1cc(C)cs1. The van der Waals surface area contributed by atoms with Gasteiger partial charge >= 0.3 is 0 Å². The third kappa shape index (κ3) is 4.02. The maximum atomic E-state index is 12.2. The summed E-state index contributed by atoms with van der Waals surface area (Å²) in [5.41, 5.74) is -0.321. The van der Waals surface area contributed by atoms with Gasteiger partial charge in [-0.05, 0) is 43.7 Å². The summed E-state index contributed by atoms with van der Waals surface area (Å²) in [6, 6.07) is 0.964. The van der Waals surface area contributed by atoms with Crippen molar-refractivity contribution in [2.75, 3.05) is 0 Å². The molecule has 0 saturated heterocycles. The molecule has 6 heteroatoms. The van der Waals surface area contributed by atoms with E-state index in [0.717, 1.165) is 16.9 Å². The number of rotatable bonds is 8. The normalized spacial score (nSPS) is 13.9. The Bertz CT molecular complexity index is 565. The van der Waals surface area contributed by atoms with E-state index < -0.39 is 21.7 Å². The summed E-state index contributed by atoms with van der Waals surface area (Å²) >= 11 is 1.16. The lowest BCUT2D eigenvalue weighted by Crippen LogP contribution is -2.50. The van der Waals surface area contributed by atoms with E-state index in [1.807, 2.05) is 6.92 Å². The maximum Gasteiger partial charge on any atom is 0.250 e. The van der Waals surface area contributed by atoms with Crippen molar-refractivity contribution in [2.24, 2.45) is 0 Å². The van der Waals surface area contributed by atoms with Crippen LogP contribution in [0.2, 0.25) is 0 Å². The molecular formula is C14H21NO3S2. The zero-order valence-corrected chi connectivity index (χ0v) is 13.4. The summed E-state index contributed by atoms with van der Waals surface area (Å²) in [4.78, 5) is 0. The quantitative estimate of drug-likeness (QED) is 0.725. The van der Waals surface area contributed by atoms with Crippen LogP contribution in [0.4, 0.5) is 0 Å². The van der Waals surface area contributed by atoms with Crippen molar-refractivity contribution in [3.05, 3.63) is 42.3 Å². The van der Waals surface area contributed by atoms with Crippen molar-refractivity contribution in [2.45, 2.75) is 42.5 Å².